The molecule has 6 rings (SSSR count). The lowest BCUT2D eigenvalue weighted by Crippen LogP contribution is -2.30. The van der Waals surface area contributed by atoms with Crippen LogP contribution in [0.2, 0.25) is 0 Å². The van der Waals surface area contributed by atoms with E-state index in [1.165, 1.54) is 65.5 Å². The first-order valence-corrected chi connectivity index (χ1v) is 15.0. The third-order valence-corrected chi connectivity index (χ3v) is 7.25. The van der Waals surface area contributed by atoms with Gasteiger partial charge in [0.1, 0.15) is 0 Å². The highest BCUT2D eigenvalue weighted by Crippen LogP contribution is 2.42. The van der Waals surface area contributed by atoms with E-state index < -0.39 is 0 Å². The molecule has 2 heteroatoms. The van der Waals surface area contributed by atoms with Gasteiger partial charge >= 0.3 is 0 Å². The number of allylic oxidation sites excluding steroid dienone is 8. The molecule has 1 atom stereocenters. The Bertz CT molecular complexity index is 1340. The third-order valence-electron chi connectivity index (χ3n) is 7.25. The summed E-state index contributed by atoms with van der Waals surface area (Å²) in [5.74, 6) is 0. The number of benzene rings is 2. The summed E-state index contributed by atoms with van der Waals surface area (Å²) in [5.41, 5.74) is 6.96. The fraction of sp³-hybridized carbons (Fsp3) is 0.316. The molecule has 208 valence electrons. The largest absolute Gasteiger partial charge is 0.382 e. The van der Waals surface area contributed by atoms with Crippen LogP contribution in [-0.4, -0.2) is 10.6 Å². The number of nitrogens with zero attached hydrogens (tertiary/aromatic N) is 1. The molecule has 2 fully saturated rings. The highest BCUT2D eigenvalue weighted by molar-refractivity contribution is 5.86. The molecule has 2 saturated carbocycles. The molecule has 3 aliphatic carbocycles. The van der Waals surface area contributed by atoms with Gasteiger partial charge in [-0.3, -0.25) is 0 Å². The molecule has 1 heterocycles. The van der Waals surface area contributed by atoms with Gasteiger partial charge in [-0.2, -0.15) is 0 Å². The summed E-state index contributed by atoms with van der Waals surface area (Å²) in [4.78, 5) is 0. The summed E-state index contributed by atoms with van der Waals surface area (Å²) in [6, 6.07) is 20.7. The van der Waals surface area contributed by atoms with Crippen LogP contribution < -0.4 is 5.32 Å². The Morgan fingerprint density at radius 2 is 1.65 bits per heavy atom. The van der Waals surface area contributed by atoms with Crippen molar-refractivity contribution in [2.24, 2.45) is 0 Å². The van der Waals surface area contributed by atoms with Gasteiger partial charge in [-0.1, -0.05) is 130 Å². The minimum Gasteiger partial charge on any atom is -0.382 e. The highest BCUT2D eigenvalue weighted by Gasteiger charge is 2.30. The van der Waals surface area contributed by atoms with E-state index in [0.29, 0.717) is 12.1 Å². The van der Waals surface area contributed by atoms with Crippen molar-refractivity contribution < 1.29 is 0 Å². The van der Waals surface area contributed by atoms with Crippen LogP contribution in [0.4, 0.5) is 0 Å². The van der Waals surface area contributed by atoms with E-state index in [2.05, 4.69) is 102 Å². The Kier molecular flexibility index (Phi) is 11.5. The summed E-state index contributed by atoms with van der Waals surface area (Å²) < 4.78 is 2.64. The molecule has 0 aliphatic heterocycles. The monoisotopic (exact) mass is 530 g/mol. The van der Waals surface area contributed by atoms with Gasteiger partial charge in [0, 0.05) is 40.8 Å². The molecule has 0 spiro atoms. The van der Waals surface area contributed by atoms with E-state index in [1.807, 2.05) is 31.2 Å². The molecule has 0 amide bonds. The molecule has 3 aromatic rings. The summed E-state index contributed by atoms with van der Waals surface area (Å²) in [6.07, 6.45) is 29.8. The van der Waals surface area contributed by atoms with E-state index in [9.17, 15) is 0 Å². The molecule has 40 heavy (non-hydrogen) atoms. The number of hydrogen-bond acceptors (Lipinski definition) is 1. The molecule has 0 bridgehead atoms. The maximum Gasteiger partial charge on any atom is 0.0488 e. The Morgan fingerprint density at radius 3 is 2.30 bits per heavy atom. The maximum absolute atomic E-state index is 3.86. The van der Waals surface area contributed by atoms with Crippen LogP contribution in [0.1, 0.15) is 68.3 Å². The Labute approximate surface area is 242 Å². The second-order valence-corrected chi connectivity index (χ2v) is 10.8. The zero-order valence-electron chi connectivity index (χ0n) is 24.3. The minimum atomic E-state index is 0.361. The number of fused-ring (bicyclic) bond motifs is 3. The van der Waals surface area contributed by atoms with Crippen LogP contribution >= 0.6 is 0 Å². The van der Waals surface area contributed by atoms with Crippen LogP contribution in [-0.2, 0) is 19.3 Å². The van der Waals surface area contributed by atoms with Crippen molar-refractivity contribution in [2.75, 3.05) is 0 Å². The van der Waals surface area contributed by atoms with Gasteiger partial charge in [0.25, 0.3) is 0 Å². The lowest BCUT2D eigenvalue weighted by molar-refractivity contribution is 0.567. The average molecular weight is 531 g/mol. The standard InChI is InChI=1S/C30H32N2.C5H8.C3H6/c1-2-3-13-24(19-18-23-11-5-4-6-12-23)31-25-14-7-9-17-30-28(22-25)27-15-8-10-16-29(27)32(30)26-20-21-26;1-3-5-4-2;1-2-3-1/h2-13,15-16,19,25-26,31H,1,14,17-18,20-22H2;3-5H,1H2,2H3;1-3H2/b9-7-,13-3-,24-19-;5-4-;. The van der Waals surface area contributed by atoms with Gasteiger partial charge in [0.15, 0.2) is 0 Å². The highest BCUT2D eigenvalue weighted by atomic mass is 15.1. The maximum atomic E-state index is 3.86. The van der Waals surface area contributed by atoms with E-state index in [4.69, 9.17) is 0 Å². The molecule has 3 aliphatic rings. The van der Waals surface area contributed by atoms with E-state index >= 15 is 0 Å². The second-order valence-electron chi connectivity index (χ2n) is 10.8. The first-order valence-electron chi connectivity index (χ1n) is 15.0. The van der Waals surface area contributed by atoms with E-state index in [-0.39, 0.29) is 0 Å². The molecule has 1 N–H and O–H groups in total. The second kappa shape index (κ2) is 15.7. The number of nitrogens with one attached hydrogen (secondary N) is 1. The van der Waals surface area contributed by atoms with Gasteiger partial charge in [-0.25, -0.2) is 0 Å². The smallest absolute Gasteiger partial charge is 0.0488 e. The summed E-state index contributed by atoms with van der Waals surface area (Å²) in [7, 11) is 0. The summed E-state index contributed by atoms with van der Waals surface area (Å²) in [5, 5.41) is 5.29. The quantitative estimate of drug-likeness (QED) is 0.226. The summed E-state index contributed by atoms with van der Waals surface area (Å²) >= 11 is 0. The van der Waals surface area contributed by atoms with Crippen LogP contribution in [0, 0.1) is 0 Å². The van der Waals surface area contributed by atoms with Crippen LogP contribution in [0.15, 0.2) is 128 Å². The average Bonchev–Trinajstić information content (AvgIpc) is 3.90. The molecule has 1 aromatic heterocycles. The fourth-order valence-corrected chi connectivity index (χ4v) is 5.04. The third kappa shape index (κ3) is 8.88. The van der Waals surface area contributed by atoms with Gasteiger partial charge in [0.2, 0.25) is 0 Å². The Hall–Kier alpha value is -3.78. The van der Waals surface area contributed by atoms with Crippen molar-refractivity contribution in [2.45, 2.75) is 76.8 Å². The Morgan fingerprint density at radius 1 is 0.925 bits per heavy atom. The van der Waals surface area contributed by atoms with Crippen LogP contribution in [0.25, 0.3) is 10.9 Å². The van der Waals surface area contributed by atoms with E-state index in [1.54, 1.807) is 6.08 Å². The van der Waals surface area contributed by atoms with Gasteiger partial charge < -0.3 is 9.88 Å². The van der Waals surface area contributed by atoms with Crippen molar-refractivity contribution in [3.05, 3.63) is 145 Å². The first kappa shape index (κ1) is 29.2. The van der Waals surface area contributed by atoms with Crippen LogP contribution in [0.5, 0.6) is 0 Å². The van der Waals surface area contributed by atoms with Crippen LogP contribution in [0.3, 0.4) is 0 Å². The normalized spacial score (nSPS) is 18.9. The minimum absolute atomic E-state index is 0.361. The van der Waals surface area contributed by atoms with Crippen molar-refractivity contribution >= 4 is 10.9 Å². The van der Waals surface area contributed by atoms with Gasteiger partial charge in [0.05, 0.1) is 0 Å². The predicted molar refractivity (Wildman–Crippen MR) is 175 cm³/mol. The Balaban J connectivity index is 0.000000404. The number of aromatic nitrogens is 1. The topological polar surface area (TPSA) is 17.0 Å². The van der Waals surface area contributed by atoms with Crippen molar-refractivity contribution in [1.82, 2.24) is 9.88 Å². The molecule has 0 saturated heterocycles. The molecule has 1 unspecified atom stereocenters. The van der Waals surface area contributed by atoms with Gasteiger partial charge in [-0.15, -0.1) is 0 Å². The van der Waals surface area contributed by atoms with Crippen molar-refractivity contribution in [1.29, 1.82) is 0 Å². The molecule has 2 nitrogen and oxygen atoms in total. The van der Waals surface area contributed by atoms with Crippen molar-refractivity contribution in [3.8, 4) is 0 Å². The zero-order chi connectivity index (χ0) is 28.0. The lowest BCUT2D eigenvalue weighted by Gasteiger charge is -2.22. The first-order chi connectivity index (χ1) is 19.7. The molecular weight excluding hydrogens is 484 g/mol. The predicted octanol–water partition coefficient (Wildman–Crippen LogP) is 9.77. The molecule has 0 radical (unpaired) electrons. The number of hydrogen-bond donors (Lipinski definition) is 1. The van der Waals surface area contributed by atoms with Gasteiger partial charge in [-0.05, 0) is 62.3 Å². The van der Waals surface area contributed by atoms with Crippen molar-refractivity contribution in [3.63, 3.8) is 0 Å². The number of rotatable bonds is 8. The molecular formula is C38H46N2. The molecule has 2 aromatic carbocycles. The summed E-state index contributed by atoms with van der Waals surface area (Å²) in [6.45, 7) is 9.28. The number of para-hydroxylation sites is 1. The lowest BCUT2D eigenvalue weighted by atomic mass is 9.96. The van der Waals surface area contributed by atoms with E-state index in [0.717, 1.165) is 25.7 Å². The SMILES string of the molecule is C1CC1.C=C/C=C\C.C=C/C=C\C(=C\Cc1ccccc1)NC1C/C=C\Cc2c(c3ccccc3n2C2CC2)C1. The fourth-order valence-electron chi connectivity index (χ4n) is 5.04. The zero-order valence-corrected chi connectivity index (χ0v) is 24.3.